The van der Waals surface area contributed by atoms with Crippen LogP contribution in [0.3, 0.4) is 0 Å². The molecule has 0 N–H and O–H groups in total. The standard InChI is InChI=1S/C26H25N5O/c32-26(22-10-11-22)30-13-12-18(15-30)16-31-24(29-23-14-27-17-28-25(23)31)21-8-6-20(7-9-21)19-4-2-1-3-5-19/h1-9,14,17-18,22H,10-13,15-16H2. The number of carbonyl (C=O) groups is 1. The number of carbonyl (C=O) groups excluding carboxylic acids is 1. The molecule has 2 aliphatic rings. The van der Waals surface area contributed by atoms with Crippen molar-refractivity contribution >= 4 is 17.1 Å². The van der Waals surface area contributed by atoms with Crippen molar-refractivity contribution in [2.45, 2.75) is 25.8 Å². The van der Waals surface area contributed by atoms with Crippen LogP contribution in [0.1, 0.15) is 19.3 Å². The maximum absolute atomic E-state index is 12.5. The van der Waals surface area contributed by atoms with Crippen molar-refractivity contribution < 1.29 is 4.79 Å². The van der Waals surface area contributed by atoms with Gasteiger partial charge in [0.15, 0.2) is 5.65 Å². The van der Waals surface area contributed by atoms with E-state index < -0.39 is 0 Å². The average Bonchev–Trinajstić information content (AvgIpc) is 3.49. The van der Waals surface area contributed by atoms with E-state index in [1.54, 1.807) is 12.5 Å². The van der Waals surface area contributed by atoms with Crippen molar-refractivity contribution in [3.8, 4) is 22.5 Å². The molecule has 2 aromatic heterocycles. The van der Waals surface area contributed by atoms with E-state index in [1.807, 2.05) is 6.07 Å². The summed E-state index contributed by atoms with van der Waals surface area (Å²) in [4.78, 5) is 28.1. The lowest BCUT2D eigenvalue weighted by Gasteiger charge is -2.17. The third-order valence-corrected chi connectivity index (χ3v) is 6.63. The summed E-state index contributed by atoms with van der Waals surface area (Å²) in [5.41, 5.74) is 5.10. The molecule has 6 heteroatoms. The molecule has 1 saturated heterocycles. The summed E-state index contributed by atoms with van der Waals surface area (Å²) in [5, 5.41) is 0. The molecule has 0 spiro atoms. The fourth-order valence-corrected chi connectivity index (χ4v) is 4.74. The van der Waals surface area contributed by atoms with Gasteiger partial charge in [-0.1, -0.05) is 54.6 Å². The smallest absolute Gasteiger partial charge is 0.225 e. The highest BCUT2D eigenvalue weighted by Crippen LogP contribution is 2.34. The second-order valence-corrected chi connectivity index (χ2v) is 8.93. The van der Waals surface area contributed by atoms with Crippen LogP contribution in [0.25, 0.3) is 33.7 Å². The number of benzene rings is 2. The van der Waals surface area contributed by atoms with Crippen LogP contribution in [0.5, 0.6) is 0 Å². The first-order chi connectivity index (χ1) is 15.8. The molecule has 4 aromatic rings. The van der Waals surface area contributed by atoms with Gasteiger partial charge in [0.2, 0.25) is 5.91 Å². The third-order valence-electron chi connectivity index (χ3n) is 6.63. The summed E-state index contributed by atoms with van der Waals surface area (Å²) >= 11 is 0. The highest BCUT2D eigenvalue weighted by atomic mass is 16.2. The Morgan fingerprint density at radius 1 is 0.938 bits per heavy atom. The summed E-state index contributed by atoms with van der Waals surface area (Å²) in [5.74, 6) is 1.95. The van der Waals surface area contributed by atoms with Crippen LogP contribution >= 0.6 is 0 Å². The summed E-state index contributed by atoms with van der Waals surface area (Å²) < 4.78 is 2.21. The molecule has 1 atom stereocenters. The van der Waals surface area contributed by atoms with Crippen molar-refractivity contribution in [1.29, 1.82) is 0 Å². The molecule has 32 heavy (non-hydrogen) atoms. The average molecular weight is 424 g/mol. The molecule has 1 aliphatic heterocycles. The van der Waals surface area contributed by atoms with Gasteiger partial charge in [-0.2, -0.15) is 0 Å². The van der Waals surface area contributed by atoms with Crippen molar-refractivity contribution in [3.05, 3.63) is 67.1 Å². The summed E-state index contributed by atoms with van der Waals surface area (Å²) in [6.07, 6.45) is 6.51. The van der Waals surface area contributed by atoms with Crippen molar-refractivity contribution in [1.82, 2.24) is 24.4 Å². The van der Waals surface area contributed by atoms with Gasteiger partial charge in [-0.15, -0.1) is 0 Å². The monoisotopic (exact) mass is 423 g/mol. The van der Waals surface area contributed by atoms with Gasteiger partial charge >= 0.3 is 0 Å². The number of fused-ring (bicyclic) bond motifs is 1. The Morgan fingerprint density at radius 2 is 1.69 bits per heavy atom. The first-order valence-corrected chi connectivity index (χ1v) is 11.4. The predicted molar refractivity (Wildman–Crippen MR) is 124 cm³/mol. The summed E-state index contributed by atoms with van der Waals surface area (Å²) in [6, 6.07) is 18.9. The van der Waals surface area contributed by atoms with Crippen LogP contribution in [0.2, 0.25) is 0 Å². The Balaban J connectivity index is 1.30. The summed E-state index contributed by atoms with van der Waals surface area (Å²) in [6.45, 7) is 2.49. The Labute approximate surface area is 186 Å². The Morgan fingerprint density at radius 3 is 2.47 bits per heavy atom. The minimum atomic E-state index is 0.286. The van der Waals surface area contributed by atoms with Crippen LogP contribution in [0.4, 0.5) is 0 Å². The lowest BCUT2D eigenvalue weighted by molar-refractivity contribution is -0.131. The zero-order valence-electron chi connectivity index (χ0n) is 17.9. The number of likely N-dealkylation sites (tertiary alicyclic amines) is 1. The lowest BCUT2D eigenvalue weighted by Crippen LogP contribution is -2.30. The van der Waals surface area contributed by atoms with Gasteiger partial charge < -0.3 is 9.47 Å². The van der Waals surface area contributed by atoms with Gasteiger partial charge in [0.1, 0.15) is 17.7 Å². The molecule has 3 heterocycles. The van der Waals surface area contributed by atoms with Crippen molar-refractivity contribution in [3.63, 3.8) is 0 Å². The van der Waals surface area contributed by atoms with Gasteiger partial charge in [0, 0.05) is 31.1 Å². The fourth-order valence-electron chi connectivity index (χ4n) is 4.74. The Bertz CT molecular complexity index is 1260. The molecule has 0 radical (unpaired) electrons. The van der Waals surface area contributed by atoms with E-state index in [0.717, 1.165) is 61.4 Å². The second kappa shape index (κ2) is 7.86. The van der Waals surface area contributed by atoms with E-state index >= 15 is 0 Å². The second-order valence-electron chi connectivity index (χ2n) is 8.93. The molecule has 160 valence electrons. The van der Waals surface area contributed by atoms with Gasteiger partial charge in [-0.05, 0) is 36.3 Å². The first kappa shape index (κ1) is 19.2. The zero-order chi connectivity index (χ0) is 21.5. The quantitative estimate of drug-likeness (QED) is 0.477. The van der Waals surface area contributed by atoms with Crippen molar-refractivity contribution in [2.75, 3.05) is 13.1 Å². The van der Waals surface area contributed by atoms with Gasteiger partial charge in [0.25, 0.3) is 0 Å². The number of hydrogen-bond acceptors (Lipinski definition) is 4. The van der Waals surface area contributed by atoms with Crippen LogP contribution in [0.15, 0.2) is 67.1 Å². The Hall–Kier alpha value is -3.54. The first-order valence-electron chi connectivity index (χ1n) is 11.4. The van der Waals surface area contributed by atoms with E-state index in [9.17, 15) is 4.79 Å². The minimum Gasteiger partial charge on any atom is -0.342 e. The molecule has 6 rings (SSSR count). The van der Waals surface area contributed by atoms with Crippen LogP contribution < -0.4 is 0 Å². The van der Waals surface area contributed by atoms with Gasteiger partial charge in [-0.25, -0.2) is 15.0 Å². The molecule has 2 aromatic carbocycles. The third kappa shape index (κ3) is 3.55. The molecule has 1 aliphatic carbocycles. The highest BCUT2D eigenvalue weighted by molar-refractivity contribution is 5.81. The molecular weight excluding hydrogens is 398 g/mol. The largest absolute Gasteiger partial charge is 0.342 e. The van der Waals surface area contributed by atoms with E-state index in [2.05, 4.69) is 68.0 Å². The summed E-state index contributed by atoms with van der Waals surface area (Å²) in [7, 11) is 0. The maximum atomic E-state index is 12.5. The fraction of sp³-hybridized carbons (Fsp3) is 0.308. The molecule has 2 fully saturated rings. The molecule has 6 nitrogen and oxygen atoms in total. The number of aromatic nitrogens is 4. The predicted octanol–water partition coefficient (Wildman–Crippen LogP) is 4.42. The molecular formula is C26H25N5O. The van der Waals surface area contributed by atoms with Crippen LogP contribution in [-0.4, -0.2) is 43.4 Å². The van der Waals surface area contributed by atoms with Crippen molar-refractivity contribution in [2.24, 2.45) is 11.8 Å². The normalized spacial score (nSPS) is 18.4. The Kier molecular flexibility index (Phi) is 4.71. The van der Waals surface area contributed by atoms with Crippen LogP contribution in [-0.2, 0) is 11.3 Å². The van der Waals surface area contributed by atoms with Gasteiger partial charge in [-0.3, -0.25) is 4.79 Å². The molecule has 0 bridgehead atoms. The van der Waals surface area contributed by atoms with E-state index in [0.29, 0.717) is 11.8 Å². The minimum absolute atomic E-state index is 0.286. The molecule has 1 saturated carbocycles. The number of imidazole rings is 1. The SMILES string of the molecule is O=C(C1CC1)N1CCC(Cn2c(-c3ccc(-c4ccccc4)cc3)nc3cncnc32)C1. The molecule has 1 amide bonds. The number of amides is 1. The zero-order valence-corrected chi connectivity index (χ0v) is 17.9. The maximum Gasteiger partial charge on any atom is 0.225 e. The lowest BCUT2D eigenvalue weighted by atomic mass is 10.0. The highest BCUT2D eigenvalue weighted by Gasteiger charge is 2.36. The van der Waals surface area contributed by atoms with Gasteiger partial charge in [0.05, 0.1) is 6.20 Å². The van der Waals surface area contributed by atoms with Crippen LogP contribution in [0, 0.1) is 11.8 Å². The number of hydrogen-bond donors (Lipinski definition) is 0. The van der Waals surface area contributed by atoms with E-state index in [1.165, 1.54) is 11.1 Å². The molecule has 1 unspecified atom stereocenters. The van der Waals surface area contributed by atoms with E-state index in [-0.39, 0.29) is 5.92 Å². The number of rotatable bonds is 5. The number of nitrogens with zero attached hydrogens (tertiary/aromatic N) is 5. The topological polar surface area (TPSA) is 63.9 Å². The van der Waals surface area contributed by atoms with E-state index in [4.69, 9.17) is 4.98 Å².